The van der Waals surface area contributed by atoms with Crippen molar-refractivity contribution in [3.8, 4) is 5.75 Å². The molecule has 0 aliphatic carbocycles. The second kappa shape index (κ2) is 6.94. The summed E-state index contributed by atoms with van der Waals surface area (Å²) in [6, 6.07) is 5.79. The van der Waals surface area contributed by atoms with Crippen LogP contribution in [-0.4, -0.2) is 74.2 Å². The molecule has 0 saturated carbocycles. The van der Waals surface area contributed by atoms with Crippen LogP contribution in [0.5, 0.6) is 5.75 Å². The Morgan fingerprint density at radius 1 is 1.18 bits per heavy atom. The molecule has 0 aromatic heterocycles. The average molecular weight is 307 g/mol. The summed E-state index contributed by atoms with van der Waals surface area (Å²) in [6.07, 6.45) is 1.20. The lowest BCUT2D eigenvalue weighted by molar-refractivity contribution is 0.112. The number of ether oxygens (including phenoxy) is 1. The molecule has 2 aliphatic heterocycles. The molecule has 1 atom stereocenters. The maximum atomic E-state index is 14.1. The molecular formula is C17H26FN3O. The Kier molecular flexibility index (Phi) is 4.96. The number of nitrogens with zero attached hydrogens (tertiary/aromatic N) is 3. The fourth-order valence-electron chi connectivity index (χ4n) is 3.47. The summed E-state index contributed by atoms with van der Waals surface area (Å²) in [6.45, 7) is 7.43. The summed E-state index contributed by atoms with van der Waals surface area (Å²) in [7, 11) is 3.75. The molecule has 5 heteroatoms. The van der Waals surface area contributed by atoms with Gasteiger partial charge in [-0.2, -0.15) is 0 Å². The summed E-state index contributed by atoms with van der Waals surface area (Å²) < 4.78 is 19.1. The highest BCUT2D eigenvalue weighted by Gasteiger charge is 2.29. The van der Waals surface area contributed by atoms with Gasteiger partial charge in [-0.25, -0.2) is 4.39 Å². The molecule has 2 saturated heterocycles. The van der Waals surface area contributed by atoms with Crippen molar-refractivity contribution in [1.82, 2.24) is 14.7 Å². The van der Waals surface area contributed by atoms with Crippen molar-refractivity contribution >= 4 is 0 Å². The van der Waals surface area contributed by atoms with Gasteiger partial charge in [0.1, 0.15) is 11.6 Å². The fourth-order valence-corrected chi connectivity index (χ4v) is 3.47. The summed E-state index contributed by atoms with van der Waals surface area (Å²) in [4.78, 5) is 7.36. The first-order valence-electron chi connectivity index (χ1n) is 8.13. The van der Waals surface area contributed by atoms with Crippen molar-refractivity contribution in [2.24, 2.45) is 0 Å². The highest BCUT2D eigenvalue weighted by atomic mass is 19.1. The van der Waals surface area contributed by atoms with Crippen LogP contribution >= 0.6 is 0 Å². The van der Waals surface area contributed by atoms with Gasteiger partial charge in [0, 0.05) is 63.5 Å². The third kappa shape index (κ3) is 3.59. The van der Waals surface area contributed by atoms with Crippen LogP contribution in [0.15, 0.2) is 18.2 Å². The van der Waals surface area contributed by atoms with Crippen molar-refractivity contribution in [2.75, 3.05) is 53.4 Å². The zero-order valence-corrected chi connectivity index (χ0v) is 13.6. The summed E-state index contributed by atoms with van der Waals surface area (Å²) >= 11 is 0. The SMILES string of the molecule is COc1ccc(CN2CCC(N3CCN(C)CC3)C2)c(F)c1. The second-order valence-electron chi connectivity index (χ2n) is 6.47. The summed E-state index contributed by atoms with van der Waals surface area (Å²) in [5, 5.41) is 0. The van der Waals surface area contributed by atoms with E-state index in [1.54, 1.807) is 7.11 Å². The van der Waals surface area contributed by atoms with Crippen LogP contribution in [0.2, 0.25) is 0 Å². The van der Waals surface area contributed by atoms with Gasteiger partial charge in [-0.3, -0.25) is 9.80 Å². The number of benzene rings is 1. The molecule has 4 nitrogen and oxygen atoms in total. The molecule has 0 spiro atoms. The first kappa shape index (κ1) is 15.7. The normalized spacial score (nSPS) is 24.8. The lowest BCUT2D eigenvalue weighted by Crippen LogP contribution is -2.49. The fraction of sp³-hybridized carbons (Fsp3) is 0.647. The molecule has 2 aliphatic rings. The van der Waals surface area contributed by atoms with Crippen LogP contribution in [0.25, 0.3) is 0 Å². The van der Waals surface area contributed by atoms with Crippen LogP contribution in [0.3, 0.4) is 0 Å². The van der Waals surface area contributed by atoms with E-state index >= 15 is 0 Å². The van der Waals surface area contributed by atoms with Crippen LogP contribution in [-0.2, 0) is 6.54 Å². The molecular weight excluding hydrogens is 281 g/mol. The van der Waals surface area contributed by atoms with E-state index in [0.717, 1.165) is 44.8 Å². The molecule has 3 rings (SSSR count). The van der Waals surface area contributed by atoms with Crippen molar-refractivity contribution in [1.29, 1.82) is 0 Å². The lowest BCUT2D eigenvalue weighted by atomic mass is 10.2. The number of hydrogen-bond acceptors (Lipinski definition) is 4. The first-order valence-corrected chi connectivity index (χ1v) is 8.13. The van der Waals surface area contributed by atoms with Crippen molar-refractivity contribution in [2.45, 2.75) is 19.0 Å². The largest absolute Gasteiger partial charge is 0.497 e. The van der Waals surface area contributed by atoms with Gasteiger partial charge < -0.3 is 9.64 Å². The maximum Gasteiger partial charge on any atom is 0.131 e. The average Bonchev–Trinajstić information content (AvgIpc) is 2.98. The minimum atomic E-state index is -0.164. The van der Waals surface area contributed by atoms with Crippen LogP contribution < -0.4 is 4.74 Å². The zero-order valence-electron chi connectivity index (χ0n) is 13.6. The smallest absolute Gasteiger partial charge is 0.131 e. The Hall–Kier alpha value is -1.17. The van der Waals surface area contributed by atoms with Crippen molar-refractivity contribution in [3.63, 3.8) is 0 Å². The summed E-state index contributed by atoms with van der Waals surface area (Å²) in [5.74, 6) is 0.417. The van der Waals surface area contributed by atoms with Gasteiger partial charge in [0.2, 0.25) is 0 Å². The third-order valence-electron chi connectivity index (χ3n) is 4.96. The Morgan fingerprint density at radius 3 is 2.64 bits per heavy atom. The van der Waals surface area contributed by atoms with E-state index in [2.05, 4.69) is 21.7 Å². The molecule has 2 fully saturated rings. The topological polar surface area (TPSA) is 19.0 Å². The Morgan fingerprint density at radius 2 is 1.95 bits per heavy atom. The van der Waals surface area contributed by atoms with E-state index in [1.165, 1.54) is 12.5 Å². The molecule has 0 radical (unpaired) electrons. The van der Waals surface area contributed by atoms with Gasteiger partial charge in [0.25, 0.3) is 0 Å². The molecule has 1 aromatic rings. The maximum absolute atomic E-state index is 14.1. The van der Waals surface area contributed by atoms with E-state index in [-0.39, 0.29) is 5.82 Å². The monoisotopic (exact) mass is 307 g/mol. The molecule has 1 aromatic carbocycles. The van der Waals surface area contributed by atoms with E-state index in [9.17, 15) is 4.39 Å². The van der Waals surface area contributed by atoms with Crippen molar-refractivity contribution < 1.29 is 9.13 Å². The molecule has 0 N–H and O–H groups in total. The molecule has 0 bridgehead atoms. The van der Waals surface area contributed by atoms with Gasteiger partial charge in [0.15, 0.2) is 0 Å². The Balaban J connectivity index is 1.54. The second-order valence-corrected chi connectivity index (χ2v) is 6.47. The Bertz CT molecular complexity index is 503. The standard InChI is InChI=1S/C17H26FN3O/c1-19-7-9-21(10-8-19)15-5-6-20(13-15)12-14-3-4-16(22-2)11-17(14)18/h3-4,11,15H,5-10,12-13H2,1-2H3. The molecule has 122 valence electrons. The van der Waals surface area contributed by atoms with Gasteiger partial charge in [0.05, 0.1) is 7.11 Å². The highest BCUT2D eigenvalue weighted by Crippen LogP contribution is 2.22. The van der Waals surface area contributed by atoms with Gasteiger partial charge in [-0.05, 0) is 19.5 Å². The van der Waals surface area contributed by atoms with E-state index in [4.69, 9.17) is 4.74 Å². The van der Waals surface area contributed by atoms with Crippen LogP contribution in [0.4, 0.5) is 4.39 Å². The van der Waals surface area contributed by atoms with Gasteiger partial charge >= 0.3 is 0 Å². The van der Waals surface area contributed by atoms with E-state index < -0.39 is 0 Å². The third-order valence-corrected chi connectivity index (χ3v) is 4.96. The molecule has 0 amide bonds. The number of piperazine rings is 1. The van der Waals surface area contributed by atoms with E-state index in [1.807, 2.05) is 12.1 Å². The lowest BCUT2D eigenvalue weighted by Gasteiger charge is -2.36. The number of hydrogen-bond donors (Lipinski definition) is 0. The number of likely N-dealkylation sites (tertiary alicyclic amines) is 1. The minimum Gasteiger partial charge on any atom is -0.497 e. The first-order chi connectivity index (χ1) is 10.7. The zero-order chi connectivity index (χ0) is 15.5. The Labute approximate surface area is 132 Å². The van der Waals surface area contributed by atoms with Gasteiger partial charge in [-0.15, -0.1) is 0 Å². The molecule has 1 unspecified atom stereocenters. The number of halogens is 1. The summed E-state index contributed by atoms with van der Waals surface area (Å²) in [5.41, 5.74) is 0.764. The van der Waals surface area contributed by atoms with Crippen LogP contribution in [0.1, 0.15) is 12.0 Å². The van der Waals surface area contributed by atoms with Gasteiger partial charge in [-0.1, -0.05) is 6.07 Å². The van der Waals surface area contributed by atoms with E-state index in [0.29, 0.717) is 18.3 Å². The minimum absolute atomic E-state index is 0.164. The molecule has 22 heavy (non-hydrogen) atoms. The number of rotatable bonds is 4. The van der Waals surface area contributed by atoms with Crippen molar-refractivity contribution in [3.05, 3.63) is 29.6 Å². The quantitative estimate of drug-likeness (QED) is 0.842. The highest BCUT2D eigenvalue weighted by molar-refractivity contribution is 5.28. The predicted molar refractivity (Wildman–Crippen MR) is 85.7 cm³/mol. The van der Waals surface area contributed by atoms with Crippen LogP contribution in [0, 0.1) is 5.82 Å². The predicted octanol–water partition coefficient (Wildman–Crippen LogP) is 1.66. The number of likely N-dealkylation sites (N-methyl/N-ethyl adjacent to an activating group) is 1. The molecule has 2 heterocycles. The number of methoxy groups -OCH3 is 1.